The SMILES string of the molecule is CC[Si](CC)(CC)O[C@H]1C=C(OS(=O)(=O)c2ccc(C)cc2)[C@@H]2O[C@@H]2[C@@]1(O)[C@H](CO[Si](c1ccccc1)(c1ccccc1)C(C)(C)C)NC(=O)OCc1ccccc1. The van der Waals surface area contributed by atoms with Gasteiger partial charge in [-0.15, -0.1) is 0 Å². The quantitative estimate of drug-likeness (QED) is 0.0636. The van der Waals surface area contributed by atoms with Gasteiger partial charge in [0.25, 0.3) is 8.32 Å². The molecule has 1 heterocycles. The lowest BCUT2D eigenvalue weighted by Crippen LogP contribution is -2.71. The maximum Gasteiger partial charge on any atom is 0.407 e. The molecular formula is C45H57NO9SSi2. The fraction of sp³-hybridized carbons (Fsp3) is 0.400. The molecule has 6 rings (SSSR count). The van der Waals surface area contributed by atoms with Crippen molar-refractivity contribution in [3.8, 4) is 0 Å². The van der Waals surface area contributed by atoms with E-state index in [1.807, 2.05) is 73.7 Å². The van der Waals surface area contributed by atoms with Crippen LogP contribution in [0.5, 0.6) is 0 Å². The molecule has 1 aliphatic carbocycles. The third-order valence-electron chi connectivity index (χ3n) is 11.8. The average molecular weight is 844 g/mol. The van der Waals surface area contributed by atoms with Crippen LogP contribution in [0.2, 0.25) is 23.2 Å². The standard InChI is InChI=1S/C45H57NO9SSi2/c1-8-57(9-2,10-3)55-40-30-38(54-56(49,50)35-28-26-33(4)27-29-35)41-42(53-41)45(40,48)39(46-43(47)51-31-34-20-14-11-15-21-34)32-52-58(44(5,6)7,36-22-16-12-17-23-36)37-24-18-13-19-25-37/h11-30,39-42,48H,8-10,31-32H2,1-7H3,(H,46,47)/t39-,40-,41-,42-,45+/m0/s1. The van der Waals surface area contributed by atoms with E-state index in [0.717, 1.165) is 39.6 Å². The Balaban J connectivity index is 1.45. The number of nitrogens with one attached hydrogen (secondary N) is 1. The van der Waals surface area contributed by atoms with Crippen molar-refractivity contribution in [3.63, 3.8) is 0 Å². The summed E-state index contributed by atoms with van der Waals surface area (Å²) in [4.78, 5) is 13.9. The van der Waals surface area contributed by atoms with Gasteiger partial charge >= 0.3 is 16.2 Å². The Bertz CT molecular complexity index is 2080. The van der Waals surface area contributed by atoms with Crippen LogP contribution in [-0.4, -0.2) is 72.8 Å². The summed E-state index contributed by atoms with van der Waals surface area (Å²) in [6, 6.07) is 37.0. The molecule has 4 aromatic rings. The Hall–Kier alpha value is -4.09. The number of alkyl carbamates (subject to hydrolysis) is 1. The summed E-state index contributed by atoms with van der Waals surface area (Å²) in [5, 5.41) is 18.0. The number of fused-ring (bicyclic) bond motifs is 1. The Kier molecular flexibility index (Phi) is 13.2. The van der Waals surface area contributed by atoms with Crippen LogP contribution in [0.3, 0.4) is 0 Å². The summed E-state index contributed by atoms with van der Waals surface area (Å²) in [6.07, 6.45) is -2.31. The predicted molar refractivity (Wildman–Crippen MR) is 230 cm³/mol. The van der Waals surface area contributed by atoms with Crippen molar-refractivity contribution in [2.45, 2.75) is 113 Å². The number of aryl methyl sites for hydroxylation is 1. The van der Waals surface area contributed by atoms with E-state index >= 15 is 0 Å². The molecule has 0 radical (unpaired) electrons. The van der Waals surface area contributed by atoms with Gasteiger partial charge in [-0.05, 0) is 64.2 Å². The van der Waals surface area contributed by atoms with E-state index in [0.29, 0.717) is 0 Å². The minimum absolute atomic E-state index is 0.00214. The summed E-state index contributed by atoms with van der Waals surface area (Å²) in [5.74, 6) is 0.0322. The van der Waals surface area contributed by atoms with Crippen LogP contribution in [0, 0.1) is 6.92 Å². The molecule has 0 bridgehead atoms. The first-order valence-electron chi connectivity index (χ1n) is 20.1. The predicted octanol–water partition coefficient (Wildman–Crippen LogP) is 7.36. The second kappa shape index (κ2) is 17.6. The highest BCUT2D eigenvalue weighted by molar-refractivity contribution is 7.86. The van der Waals surface area contributed by atoms with E-state index < -0.39 is 67.8 Å². The van der Waals surface area contributed by atoms with Gasteiger partial charge in [-0.3, -0.25) is 0 Å². The van der Waals surface area contributed by atoms with Gasteiger partial charge in [0.1, 0.15) is 41.2 Å². The van der Waals surface area contributed by atoms with Crippen molar-refractivity contribution in [3.05, 3.63) is 138 Å². The fourth-order valence-corrected chi connectivity index (χ4v) is 16.5. The molecule has 2 aliphatic rings. The molecule has 10 nitrogen and oxygen atoms in total. The lowest BCUT2D eigenvalue weighted by atomic mass is 9.80. The summed E-state index contributed by atoms with van der Waals surface area (Å²) >= 11 is 0. The van der Waals surface area contributed by atoms with Crippen LogP contribution in [0.1, 0.15) is 52.7 Å². The third kappa shape index (κ3) is 8.91. The molecule has 310 valence electrons. The number of ether oxygens (including phenoxy) is 2. The second-order valence-electron chi connectivity index (χ2n) is 16.3. The van der Waals surface area contributed by atoms with E-state index in [4.69, 9.17) is 22.5 Å². The number of carbonyl (C=O) groups is 1. The number of hydrogen-bond acceptors (Lipinski definition) is 9. The zero-order valence-electron chi connectivity index (χ0n) is 34.5. The molecule has 0 spiro atoms. The Morgan fingerprint density at radius 2 is 1.38 bits per heavy atom. The van der Waals surface area contributed by atoms with Crippen LogP contribution in [0.4, 0.5) is 4.79 Å². The smallest absolute Gasteiger partial charge is 0.407 e. The molecule has 2 N–H and O–H groups in total. The summed E-state index contributed by atoms with van der Waals surface area (Å²) in [6.45, 7) is 14.4. The van der Waals surface area contributed by atoms with Gasteiger partial charge in [0.05, 0.1) is 12.6 Å². The van der Waals surface area contributed by atoms with Crippen molar-refractivity contribution in [2.24, 2.45) is 0 Å². The van der Waals surface area contributed by atoms with Crippen LogP contribution in [-0.2, 0) is 39.2 Å². The van der Waals surface area contributed by atoms with Crippen molar-refractivity contribution < 1.29 is 40.8 Å². The minimum Gasteiger partial charge on any atom is -0.445 e. The molecule has 1 saturated heterocycles. The molecule has 58 heavy (non-hydrogen) atoms. The molecule has 0 saturated carbocycles. The van der Waals surface area contributed by atoms with E-state index in [9.17, 15) is 18.3 Å². The Morgan fingerprint density at radius 1 is 0.845 bits per heavy atom. The maximum atomic E-state index is 13.9. The zero-order valence-corrected chi connectivity index (χ0v) is 37.3. The minimum atomic E-state index is -4.27. The number of epoxide rings is 1. The molecule has 0 unspecified atom stereocenters. The third-order valence-corrected chi connectivity index (χ3v) is 22.7. The van der Waals surface area contributed by atoms with E-state index in [-0.39, 0.29) is 23.9 Å². The molecule has 4 aromatic carbocycles. The monoisotopic (exact) mass is 843 g/mol. The highest BCUT2D eigenvalue weighted by atomic mass is 32.2. The molecule has 0 aromatic heterocycles. The molecular weight excluding hydrogens is 787 g/mol. The van der Waals surface area contributed by atoms with Gasteiger partial charge in [0.15, 0.2) is 8.32 Å². The number of hydrogen-bond donors (Lipinski definition) is 2. The zero-order chi connectivity index (χ0) is 41.8. The number of amides is 1. The molecule has 5 atom stereocenters. The van der Waals surface area contributed by atoms with Crippen LogP contribution in [0.25, 0.3) is 0 Å². The largest absolute Gasteiger partial charge is 0.445 e. The number of rotatable bonds is 17. The second-order valence-corrected chi connectivity index (χ2v) is 26.9. The lowest BCUT2D eigenvalue weighted by Gasteiger charge is -2.48. The topological polar surface area (TPSA) is 133 Å². The molecule has 1 fully saturated rings. The molecule has 1 aliphatic heterocycles. The van der Waals surface area contributed by atoms with Crippen LogP contribution < -0.4 is 15.7 Å². The number of benzene rings is 4. The van der Waals surface area contributed by atoms with Gasteiger partial charge in [-0.1, -0.05) is 150 Å². The van der Waals surface area contributed by atoms with E-state index in [1.165, 1.54) is 18.2 Å². The number of aliphatic hydroxyl groups is 1. The fourth-order valence-electron chi connectivity index (χ4n) is 8.14. The van der Waals surface area contributed by atoms with Gasteiger partial charge in [-0.2, -0.15) is 8.42 Å². The highest BCUT2D eigenvalue weighted by Crippen LogP contribution is 2.49. The Morgan fingerprint density at radius 3 is 1.90 bits per heavy atom. The van der Waals surface area contributed by atoms with Gasteiger partial charge in [-0.25, -0.2) is 4.79 Å². The lowest BCUT2D eigenvalue weighted by molar-refractivity contribution is -0.0985. The van der Waals surface area contributed by atoms with Crippen molar-refractivity contribution in [2.75, 3.05) is 6.61 Å². The van der Waals surface area contributed by atoms with Crippen molar-refractivity contribution in [1.29, 1.82) is 0 Å². The highest BCUT2D eigenvalue weighted by Gasteiger charge is 2.68. The molecule has 1 amide bonds. The first-order chi connectivity index (χ1) is 27.6. The van der Waals surface area contributed by atoms with Gasteiger partial charge in [0, 0.05) is 0 Å². The summed E-state index contributed by atoms with van der Waals surface area (Å²) in [7, 11) is -10.0. The van der Waals surface area contributed by atoms with Gasteiger partial charge < -0.3 is 32.9 Å². The van der Waals surface area contributed by atoms with E-state index in [1.54, 1.807) is 12.1 Å². The summed E-state index contributed by atoms with van der Waals surface area (Å²) < 4.78 is 59.5. The van der Waals surface area contributed by atoms with Crippen LogP contribution in [0.15, 0.2) is 132 Å². The Labute approximate surface area is 345 Å². The van der Waals surface area contributed by atoms with Crippen molar-refractivity contribution >= 4 is 43.2 Å². The normalized spacial score (nSPS) is 21.3. The average Bonchev–Trinajstić information content (AvgIpc) is 4.04. The van der Waals surface area contributed by atoms with Gasteiger partial charge in [0.2, 0.25) is 0 Å². The van der Waals surface area contributed by atoms with Crippen LogP contribution >= 0.6 is 0 Å². The first-order valence-corrected chi connectivity index (χ1v) is 26.0. The van der Waals surface area contributed by atoms with E-state index in [2.05, 4.69) is 71.1 Å². The first kappa shape index (κ1) is 43.5. The van der Waals surface area contributed by atoms with Crippen molar-refractivity contribution in [1.82, 2.24) is 5.32 Å². The number of carbonyl (C=O) groups excluding carboxylic acids is 1. The summed E-state index contributed by atoms with van der Waals surface area (Å²) in [5.41, 5.74) is -0.244. The maximum absolute atomic E-state index is 13.9. The molecule has 13 heteroatoms.